The zero-order valence-electron chi connectivity index (χ0n) is 10.9. The minimum absolute atomic E-state index is 0.133. The molecular formula is C15H19N3O. The molecule has 2 aliphatic rings. The summed E-state index contributed by atoms with van der Waals surface area (Å²) in [5.74, 6) is 0.285. The number of amides is 1. The van der Waals surface area contributed by atoms with E-state index in [0.717, 1.165) is 37.8 Å². The highest BCUT2D eigenvalue weighted by Crippen LogP contribution is 2.36. The van der Waals surface area contributed by atoms with E-state index in [2.05, 4.69) is 15.8 Å². The van der Waals surface area contributed by atoms with Gasteiger partial charge in [0.1, 0.15) is 0 Å². The number of para-hydroxylation sites is 1. The Morgan fingerprint density at radius 2 is 2.00 bits per heavy atom. The summed E-state index contributed by atoms with van der Waals surface area (Å²) in [6.07, 6.45) is 6.88. The molecule has 100 valence electrons. The van der Waals surface area contributed by atoms with Crippen molar-refractivity contribution in [3.05, 3.63) is 30.3 Å². The highest BCUT2D eigenvalue weighted by molar-refractivity contribution is 5.92. The topological polar surface area (TPSA) is 53.5 Å². The largest absolute Gasteiger partial charge is 0.326 e. The molecule has 1 aliphatic heterocycles. The minimum atomic E-state index is 0.133. The third-order valence-corrected chi connectivity index (χ3v) is 4.23. The maximum Gasteiger partial charge on any atom is 0.227 e. The number of hydrogen-bond acceptors (Lipinski definition) is 3. The van der Waals surface area contributed by atoms with E-state index in [1.807, 2.05) is 36.5 Å². The molecule has 4 nitrogen and oxygen atoms in total. The Labute approximate surface area is 113 Å². The van der Waals surface area contributed by atoms with E-state index in [1.165, 1.54) is 0 Å². The van der Waals surface area contributed by atoms with E-state index >= 15 is 0 Å². The van der Waals surface area contributed by atoms with Crippen LogP contribution in [0.1, 0.15) is 32.1 Å². The van der Waals surface area contributed by atoms with Gasteiger partial charge in [0.2, 0.25) is 5.91 Å². The molecule has 1 spiro atoms. The molecule has 0 unspecified atom stereocenters. The molecule has 1 saturated carbocycles. The second-order valence-electron chi connectivity index (χ2n) is 5.54. The van der Waals surface area contributed by atoms with Crippen LogP contribution in [-0.2, 0) is 4.79 Å². The zero-order valence-corrected chi connectivity index (χ0v) is 10.9. The Balaban J connectivity index is 1.55. The molecule has 0 atom stereocenters. The van der Waals surface area contributed by atoms with Gasteiger partial charge in [-0.25, -0.2) is 0 Å². The molecule has 19 heavy (non-hydrogen) atoms. The molecule has 1 aliphatic carbocycles. The van der Waals surface area contributed by atoms with Gasteiger partial charge >= 0.3 is 0 Å². The summed E-state index contributed by atoms with van der Waals surface area (Å²) < 4.78 is 0. The van der Waals surface area contributed by atoms with Crippen molar-refractivity contribution in [3.8, 4) is 0 Å². The number of anilines is 1. The van der Waals surface area contributed by atoms with Crippen LogP contribution in [0.5, 0.6) is 0 Å². The molecule has 2 N–H and O–H groups in total. The number of carbonyl (C=O) groups is 1. The first-order chi connectivity index (χ1) is 9.27. The summed E-state index contributed by atoms with van der Waals surface area (Å²) in [6.45, 7) is 0. The molecule has 1 amide bonds. The predicted octanol–water partition coefficient (Wildman–Crippen LogP) is 2.53. The Kier molecular flexibility index (Phi) is 3.23. The van der Waals surface area contributed by atoms with Crippen LogP contribution in [0.3, 0.4) is 0 Å². The summed E-state index contributed by atoms with van der Waals surface area (Å²) in [5.41, 5.74) is 4.25. The maximum absolute atomic E-state index is 12.2. The van der Waals surface area contributed by atoms with Crippen molar-refractivity contribution in [1.82, 2.24) is 5.43 Å². The zero-order chi connectivity index (χ0) is 13.1. The van der Waals surface area contributed by atoms with E-state index in [9.17, 15) is 4.79 Å². The second kappa shape index (κ2) is 5.03. The third kappa shape index (κ3) is 2.62. The van der Waals surface area contributed by atoms with Crippen LogP contribution < -0.4 is 10.7 Å². The Morgan fingerprint density at radius 3 is 2.63 bits per heavy atom. The molecule has 1 fully saturated rings. The summed E-state index contributed by atoms with van der Waals surface area (Å²) in [5, 5.41) is 7.12. The predicted molar refractivity (Wildman–Crippen MR) is 76.0 cm³/mol. The molecule has 0 saturated heterocycles. The van der Waals surface area contributed by atoms with Crippen LogP contribution in [0.25, 0.3) is 0 Å². The van der Waals surface area contributed by atoms with Crippen LogP contribution in [0.4, 0.5) is 5.69 Å². The summed E-state index contributed by atoms with van der Waals surface area (Å²) >= 11 is 0. The van der Waals surface area contributed by atoms with Gasteiger partial charge in [-0.05, 0) is 37.8 Å². The number of nitrogens with zero attached hydrogens (tertiary/aromatic N) is 1. The normalized spacial score (nSPS) is 29.2. The van der Waals surface area contributed by atoms with Gasteiger partial charge in [0.25, 0.3) is 0 Å². The summed E-state index contributed by atoms with van der Waals surface area (Å²) in [7, 11) is 0. The smallest absolute Gasteiger partial charge is 0.227 e. The first-order valence-corrected chi connectivity index (χ1v) is 6.92. The maximum atomic E-state index is 12.2. The first kappa shape index (κ1) is 12.2. The molecule has 4 heteroatoms. The molecule has 1 heterocycles. The van der Waals surface area contributed by atoms with Gasteiger partial charge in [-0.3, -0.25) is 4.79 Å². The van der Waals surface area contributed by atoms with E-state index < -0.39 is 0 Å². The minimum Gasteiger partial charge on any atom is -0.326 e. The van der Waals surface area contributed by atoms with Crippen molar-refractivity contribution in [1.29, 1.82) is 0 Å². The van der Waals surface area contributed by atoms with E-state index in [0.29, 0.717) is 0 Å². The number of benzene rings is 1. The lowest BCUT2D eigenvalue weighted by Gasteiger charge is -2.36. The second-order valence-corrected chi connectivity index (χ2v) is 5.54. The van der Waals surface area contributed by atoms with Crippen LogP contribution >= 0.6 is 0 Å². The van der Waals surface area contributed by atoms with Crippen molar-refractivity contribution in [2.45, 2.75) is 37.6 Å². The molecule has 0 bridgehead atoms. The molecule has 1 aromatic carbocycles. The monoisotopic (exact) mass is 257 g/mol. The molecule has 0 aromatic heterocycles. The van der Waals surface area contributed by atoms with Gasteiger partial charge in [-0.1, -0.05) is 18.2 Å². The SMILES string of the molecule is O=C(Nc1ccccc1)C1CCC2(CC=NN2)CC1. The van der Waals surface area contributed by atoms with Crippen molar-refractivity contribution in [2.24, 2.45) is 11.0 Å². The number of nitrogens with one attached hydrogen (secondary N) is 2. The van der Waals surface area contributed by atoms with Crippen LogP contribution in [0.15, 0.2) is 35.4 Å². The van der Waals surface area contributed by atoms with Crippen LogP contribution in [-0.4, -0.2) is 17.7 Å². The van der Waals surface area contributed by atoms with Crippen LogP contribution in [0, 0.1) is 5.92 Å². The lowest BCUT2D eigenvalue weighted by molar-refractivity contribution is -0.121. The average molecular weight is 257 g/mol. The fourth-order valence-electron chi connectivity index (χ4n) is 2.96. The lowest BCUT2D eigenvalue weighted by atomic mass is 9.75. The number of carbonyl (C=O) groups excluding carboxylic acids is 1. The van der Waals surface area contributed by atoms with E-state index in [-0.39, 0.29) is 17.4 Å². The van der Waals surface area contributed by atoms with Gasteiger partial charge in [-0.2, -0.15) is 5.10 Å². The fraction of sp³-hybridized carbons (Fsp3) is 0.467. The van der Waals surface area contributed by atoms with Gasteiger partial charge in [-0.15, -0.1) is 0 Å². The molecular weight excluding hydrogens is 238 g/mol. The quantitative estimate of drug-likeness (QED) is 0.855. The Bertz CT molecular complexity index is 465. The van der Waals surface area contributed by atoms with Gasteiger partial charge in [0.05, 0.1) is 5.54 Å². The third-order valence-electron chi connectivity index (χ3n) is 4.23. The van der Waals surface area contributed by atoms with Crippen molar-refractivity contribution < 1.29 is 4.79 Å². The summed E-state index contributed by atoms with van der Waals surface area (Å²) in [6, 6.07) is 9.67. The average Bonchev–Trinajstić information content (AvgIpc) is 2.89. The van der Waals surface area contributed by atoms with Gasteiger partial charge in [0, 0.05) is 24.2 Å². The van der Waals surface area contributed by atoms with E-state index in [4.69, 9.17) is 0 Å². The van der Waals surface area contributed by atoms with Gasteiger partial charge < -0.3 is 10.7 Å². The Morgan fingerprint density at radius 1 is 1.26 bits per heavy atom. The highest BCUT2D eigenvalue weighted by atomic mass is 16.1. The first-order valence-electron chi connectivity index (χ1n) is 6.92. The lowest BCUT2D eigenvalue weighted by Crippen LogP contribution is -2.44. The van der Waals surface area contributed by atoms with E-state index in [1.54, 1.807) is 0 Å². The summed E-state index contributed by atoms with van der Waals surface area (Å²) in [4.78, 5) is 12.2. The van der Waals surface area contributed by atoms with Crippen molar-refractivity contribution in [2.75, 3.05) is 5.32 Å². The van der Waals surface area contributed by atoms with Crippen molar-refractivity contribution >= 4 is 17.8 Å². The van der Waals surface area contributed by atoms with Gasteiger partial charge in [0.15, 0.2) is 0 Å². The van der Waals surface area contributed by atoms with Crippen LogP contribution in [0.2, 0.25) is 0 Å². The fourth-order valence-corrected chi connectivity index (χ4v) is 2.96. The standard InChI is InChI=1S/C15H19N3O/c19-14(17-13-4-2-1-3-5-13)12-6-8-15(9-7-12)10-11-16-18-15/h1-5,11-12,18H,6-10H2,(H,17,19). The number of hydrogen-bond donors (Lipinski definition) is 2. The molecule has 1 aromatic rings. The highest BCUT2D eigenvalue weighted by Gasteiger charge is 2.38. The Hall–Kier alpha value is -1.84. The van der Waals surface area contributed by atoms with Crippen molar-refractivity contribution in [3.63, 3.8) is 0 Å². The number of rotatable bonds is 2. The number of hydrazone groups is 1. The molecule has 0 radical (unpaired) electrons. The molecule has 3 rings (SSSR count).